The van der Waals surface area contributed by atoms with E-state index in [4.69, 9.17) is 11.1 Å². The first-order chi connectivity index (χ1) is 6.27. The SMILES string of the molecule is C=Cc1ccc(N)cc1C=N.CC. The monoisotopic (exact) mass is 176 g/mol. The van der Waals surface area contributed by atoms with Crippen molar-refractivity contribution in [1.29, 1.82) is 5.41 Å². The molecule has 2 heteroatoms. The zero-order valence-corrected chi connectivity index (χ0v) is 8.17. The second-order valence-corrected chi connectivity index (χ2v) is 2.24. The highest BCUT2D eigenvalue weighted by Crippen LogP contribution is 2.12. The summed E-state index contributed by atoms with van der Waals surface area (Å²) in [5.74, 6) is 0. The molecule has 0 radical (unpaired) electrons. The van der Waals surface area contributed by atoms with Crippen LogP contribution < -0.4 is 5.73 Å². The molecule has 70 valence electrons. The second-order valence-electron chi connectivity index (χ2n) is 2.24. The lowest BCUT2D eigenvalue weighted by Crippen LogP contribution is -1.90. The summed E-state index contributed by atoms with van der Waals surface area (Å²) in [6.07, 6.45) is 2.98. The Balaban J connectivity index is 0.000000671. The van der Waals surface area contributed by atoms with Crippen molar-refractivity contribution >= 4 is 18.0 Å². The van der Waals surface area contributed by atoms with Gasteiger partial charge in [0.2, 0.25) is 0 Å². The Labute approximate surface area is 79.6 Å². The summed E-state index contributed by atoms with van der Waals surface area (Å²) in [7, 11) is 0. The number of nitrogens with two attached hydrogens (primary N) is 1. The van der Waals surface area contributed by atoms with E-state index < -0.39 is 0 Å². The molecule has 0 amide bonds. The second kappa shape index (κ2) is 6.00. The van der Waals surface area contributed by atoms with Crippen LogP contribution in [0.1, 0.15) is 25.0 Å². The maximum atomic E-state index is 7.06. The van der Waals surface area contributed by atoms with Crippen LogP contribution in [0.4, 0.5) is 5.69 Å². The van der Waals surface area contributed by atoms with E-state index in [1.54, 1.807) is 18.2 Å². The molecule has 1 rings (SSSR count). The predicted octanol–water partition coefficient (Wildman–Crippen LogP) is 2.94. The zero-order chi connectivity index (χ0) is 10.3. The highest BCUT2D eigenvalue weighted by atomic mass is 14.5. The molecule has 13 heavy (non-hydrogen) atoms. The quantitative estimate of drug-likeness (QED) is 0.528. The summed E-state index contributed by atoms with van der Waals surface area (Å²) in [5, 5.41) is 7.06. The first-order valence-electron chi connectivity index (χ1n) is 4.30. The number of rotatable bonds is 2. The van der Waals surface area contributed by atoms with Gasteiger partial charge in [-0.25, -0.2) is 0 Å². The van der Waals surface area contributed by atoms with Crippen LogP contribution in [-0.2, 0) is 0 Å². The normalized spacial score (nSPS) is 8.15. The molecule has 1 aromatic carbocycles. The largest absolute Gasteiger partial charge is 0.399 e. The number of nitrogens with one attached hydrogen (secondary N) is 1. The van der Waals surface area contributed by atoms with Gasteiger partial charge in [-0.3, -0.25) is 0 Å². The number of hydrogen-bond donors (Lipinski definition) is 2. The van der Waals surface area contributed by atoms with Crippen molar-refractivity contribution in [3.8, 4) is 0 Å². The number of nitrogen functional groups attached to an aromatic ring is 1. The molecule has 0 atom stereocenters. The van der Waals surface area contributed by atoms with Gasteiger partial charge in [0.25, 0.3) is 0 Å². The fraction of sp³-hybridized carbons (Fsp3) is 0.182. The van der Waals surface area contributed by atoms with Crippen molar-refractivity contribution in [3.05, 3.63) is 35.9 Å². The Hall–Kier alpha value is -1.57. The van der Waals surface area contributed by atoms with Crippen molar-refractivity contribution in [1.82, 2.24) is 0 Å². The Morgan fingerprint density at radius 3 is 2.38 bits per heavy atom. The van der Waals surface area contributed by atoms with Gasteiger partial charge < -0.3 is 11.1 Å². The van der Waals surface area contributed by atoms with Gasteiger partial charge in [-0.05, 0) is 17.7 Å². The summed E-state index contributed by atoms with van der Waals surface area (Å²) < 4.78 is 0. The molecule has 0 saturated carbocycles. The van der Waals surface area contributed by atoms with Gasteiger partial charge in [-0.1, -0.05) is 32.6 Å². The Morgan fingerprint density at radius 1 is 1.31 bits per heavy atom. The number of benzene rings is 1. The minimum Gasteiger partial charge on any atom is -0.399 e. The molecule has 0 aliphatic heterocycles. The van der Waals surface area contributed by atoms with E-state index in [1.165, 1.54) is 6.21 Å². The fourth-order valence-corrected chi connectivity index (χ4v) is 0.904. The van der Waals surface area contributed by atoms with Crippen LogP contribution in [0.3, 0.4) is 0 Å². The van der Waals surface area contributed by atoms with Crippen LogP contribution in [0.25, 0.3) is 6.08 Å². The summed E-state index contributed by atoms with van der Waals surface area (Å²) >= 11 is 0. The Kier molecular flexibility index (Phi) is 5.28. The van der Waals surface area contributed by atoms with Gasteiger partial charge in [0, 0.05) is 17.5 Å². The lowest BCUT2D eigenvalue weighted by Gasteiger charge is -1.99. The number of hydrogen-bond acceptors (Lipinski definition) is 2. The standard InChI is InChI=1S/C9H10N2.C2H6/c1-2-7-3-4-9(11)5-8(7)6-10;1-2/h2-6,10H,1,11H2;1-2H3. The maximum Gasteiger partial charge on any atom is 0.0320 e. The zero-order valence-electron chi connectivity index (χ0n) is 8.17. The van der Waals surface area contributed by atoms with Crippen molar-refractivity contribution in [2.24, 2.45) is 0 Å². The molecule has 0 aliphatic rings. The number of anilines is 1. The topological polar surface area (TPSA) is 49.9 Å². The van der Waals surface area contributed by atoms with E-state index in [0.29, 0.717) is 5.69 Å². The molecule has 0 bridgehead atoms. The van der Waals surface area contributed by atoms with Gasteiger partial charge >= 0.3 is 0 Å². The molecule has 0 aliphatic carbocycles. The van der Waals surface area contributed by atoms with E-state index >= 15 is 0 Å². The van der Waals surface area contributed by atoms with Gasteiger partial charge in [-0.2, -0.15) is 0 Å². The molecule has 0 aromatic heterocycles. The molecular weight excluding hydrogens is 160 g/mol. The third-order valence-electron chi connectivity index (χ3n) is 1.49. The average Bonchev–Trinajstić information content (AvgIpc) is 2.20. The van der Waals surface area contributed by atoms with E-state index in [9.17, 15) is 0 Å². The smallest absolute Gasteiger partial charge is 0.0320 e. The van der Waals surface area contributed by atoms with Crippen molar-refractivity contribution in [3.63, 3.8) is 0 Å². The first kappa shape index (κ1) is 11.4. The third kappa shape index (κ3) is 3.11. The van der Waals surface area contributed by atoms with Gasteiger partial charge in [-0.15, -0.1) is 0 Å². The first-order valence-corrected chi connectivity index (χ1v) is 4.30. The minimum atomic E-state index is 0.675. The van der Waals surface area contributed by atoms with Crippen molar-refractivity contribution in [2.45, 2.75) is 13.8 Å². The summed E-state index contributed by atoms with van der Waals surface area (Å²) in [4.78, 5) is 0. The molecule has 0 unspecified atom stereocenters. The summed E-state index contributed by atoms with van der Waals surface area (Å²) in [6.45, 7) is 7.63. The van der Waals surface area contributed by atoms with Crippen LogP contribution in [0.5, 0.6) is 0 Å². The molecular formula is C11H16N2. The van der Waals surface area contributed by atoms with Gasteiger partial charge in [0.1, 0.15) is 0 Å². The molecule has 1 aromatic rings. The maximum absolute atomic E-state index is 7.06. The van der Waals surface area contributed by atoms with Crippen molar-refractivity contribution < 1.29 is 0 Å². The lowest BCUT2D eigenvalue weighted by molar-refractivity contribution is 1.50. The van der Waals surface area contributed by atoms with E-state index in [1.807, 2.05) is 19.9 Å². The van der Waals surface area contributed by atoms with Crippen LogP contribution in [0.2, 0.25) is 0 Å². The van der Waals surface area contributed by atoms with E-state index in [2.05, 4.69) is 6.58 Å². The molecule has 0 saturated heterocycles. The third-order valence-corrected chi connectivity index (χ3v) is 1.49. The predicted molar refractivity (Wildman–Crippen MR) is 60.2 cm³/mol. The molecule has 2 nitrogen and oxygen atoms in total. The van der Waals surface area contributed by atoms with Crippen LogP contribution in [0, 0.1) is 5.41 Å². The molecule has 0 fully saturated rings. The summed E-state index contributed by atoms with van der Waals surface area (Å²) in [5.41, 5.74) is 7.94. The molecule has 0 spiro atoms. The van der Waals surface area contributed by atoms with Crippen LogP contribution >= 0.6 is 0 Å². The molecule has 0 heterocycles. The average molecular weight is 176 g/mol. The highest BCUT2D eigenvalue weighted by molar-refractivity contribution is 5.84. The van der Waals surface area contributed by atoms with Crippen LogP contribution in [-0.4, -0.2) is 6.21 Å². The van der Waals surface area contributed by atoms with Gasteiger partial charge in [0.05, 0.1) is 0 Å². The van der Waals surface area contributed by atoms with Crippen LogP contribution in [0.15, 0.2) is 24.8 Å². The Morgan fingerprint density at radius 2 is 1.92 bits per heavy atom. The van der Waals surface area contributed by atoms with E-state index in [0.717, 1.165) is 11.1 Å². The highest BCUT2D eigenvalue weighted by Gasteiger charge is 1.94. The Bertz CT molecular complexity index is 290. The minimum absolute atomic E-state index is 0.675. The van der Waals surface area contributed by atoms with E-state index in [-0.39, 0.29) is 0 Å². The fourth-order valence-electron chi connectivity index (χ4n) is 0.904. The van der Waals surface area contributed by atoms with Gasteiger partial charge in [0.15, 0.2) is 0 Å². The summed E-state index contributed by atoms with van der Waals surface area (Å²) in [6, 6.07) is 5.40. The molecule has 3 N–H and O–H groups in total. The lowest BCUT2D eigenvalue weighted by atomic mass is 10.1. The van der Waals surface area contributed by atoms with Crippen molar-refractivity contribution in [2.75, 3.05) is 5.73 Å².